The van der Waals surface area contributed by atoms with Gasteiger partial charge < -0.3 is 15.0 Å². The van der Waals surface area contributed by atoms with E-state index in [9.17, 15) is 4.79 Å². The third-order valence-electron chi connectivity index (χ3n) is 4.16. The maximum absolute atomic E-state index is 11.4. The zero-order valence-corrected chi connectivity index (χ0v) is 14.9. The molecule has 3 aromatic heterocycles. The summed E-state index contributed by atoms with van der Waals surface area (Å²) >= 11 is 0. The zero-order chi connectivity index (χ0) is 19.1. The second-order valence-electron chi connectivity index (χ2n) is 6.20. The average molecular weight is 367 g/mol. The van der Waals surface area contributed by atoms with Gasteiger partial charge in [-0.15, -0.1) is 0 Å². The first-order valence-corrected chi connectivity index (χ1v) is 8.23. The highest BCUT2D eigenvalue weighted by Crippen LogP contribution is 2.34. The first-order chi connectivity index (χ1) is 13.0. The molecule has 0 spiro atoms. The van der Waals surface area contributed by atoms with Gasteiger partial charge in [-0.3, -0.25) is 5.32 Å². The summed E-state index contributed by atoms with van der Waals surface area (Å²) < 4.78 is 11.7. The second-order valence-corrected chi connectivity index (χ2v) is 6.20. The summed E-state index contributed by atoms with van der Waals surface area (Å²) in [7, 11) is 1.28. The van der Waals surface area contributed by atoms with Crippen LogP contribution in [-0.2, 0) is 4.74 Å². The van der Waals surface area contributed by atoms with Crippen molar-refractivity contribution >= 4 is 39.7 Å². The summed E-state index contributed by atoms with van der Waals surface area (Å²) in [6.07, 6.45) is 0.799. The summed E-state index contributed by atoms with van der Waals surface area (Å²) in [6.45, 7) is 4.03. The number of nitrogens with zero attached hydrogens (tertiary/aromatic N) is 5. The molecule has 10 heteroatoms. The number of hydrogen-bond acceptors (Lipinski definition) is 8. The molecule has 0 aliphatic heterocycles. The Morgan fingerprint density at radius 2 is 2.15 bits per heavy atom. The lowest BCUT2D eigenvalue weighted by molar-refractivity contribution is 0.186. The Morgan fingerprint density at radius 3 is 2.89 bits per heavy atom. The number of hydrogen-bond donors (Lipinski definition) is 2. The number of anilines is 2. The predicted molar refractivity (Wildman–Crippen MR) is 99.2 cm³/mol. The molecule has 0 atom stereocenters. The molecule has 3 N–H and O–H groups in total. The van der Waals surface area contributed by atoms with Gasteiger partial charge in [0.2, 0.25) is 0 Å². The predicted octanol–water partition coefficient (Wildman–Crippen LogP) is 2.98. The highest BCUT2D eigenvalue weighted by molar-refractivity contribution is 6.01. The standard InChI is InChI=1S/C17H17N7O3/c1-8(2)24-16-12(14(18)19-7-20-16)13(22-24)9-4-5-10-11(6-9)27-23-15(10)21-17(25)26-3/h4-8H,1-3H3,(H2,18,19,20)(H,21,23,25). The minimum atomic E-state index is -0.624. The number of aromatic nitrogens is 5. The molecule has 0 radical (unpaired) electrons. The van der Waals surface area contributed by atoms with Gasteiger partial charge in [-0.05, 0) is 26.0 Å². The van der Waals surface area contributed by atoms with Crippen LogP contribution in [-0.4, -0.2) is 38.1 Å². The highest BCUT2D eigenvalue weighted by Gasteiger charge is 2.20. The number of nitrogens with two attached hydrogens (primary N) is 1. The van der Waals surface area contributed by atoms with Crippen LogP contribution in [0.1, 0.15) is 19.9 Å². The fourth-order valence-electron chi connectivity index (χ4n) is 2.88. The number of nitrogens with one attached hydrogen (secondary N) is 1. The Labute approximate surface area is 153 Å². The number of rotatable bonds is 3. The number of methoxy groups -OCH3 is 1. The normalized spacial score (nSPS) is 11.4. The molecular weight excluding hydrogens is 350 g/mol. The number of amides is 1. The van der Waals surface area contributed by atoms with Crippen LogP contribution in [0.3, 0.4) is 0 Å². The van der Waals surface area contributed by atoms with Gasteiger partial charge in [-0.2, -0.15) is 5.10 Å². The SMILES string of the molecule is COC(=O)Nc1noc2cc(-c3nn(C(C)C)c4ncnc(N)c34)ccc12. The molecule has 138 valence electrons. The summed E-state index contributed by atoms with van der Waals surface area (Å²) in [5.41, 5.74) is 8.67. The van der Waals surface area contributed by atoms with E-state index in [1.165, 1.54) is 13.4 Å². The molecule has 0 bridgehead atoms. The van der Waals surface area contributed by atoms with Gasteiger partial charge >= 0.3 is 6.09 Å². The topological polar surface area (TPSA) is 134 Å². The van der Waals surface area contributed by atoms with Crippen LogP contribution in [0.5, 0.6) is 0 Å². The van der Waals surface area contributed by atoms with Crippen LogP contribution in [0.15, 0.2) is 29.0 Å². The highest BCUT2D eigenvalue weighted by atomic mass is 16.5. The van der Waals surface area contributed by atoms with Crippen LogP contribution in [0.4, 0.5) is 16.4 Å². The smallest absolute Gasteiger partial charge is 0.412 e. The van der Waals surface area contributed by atoms with Crippen molar-refractivity contribution in [1.29, 1.82) is 0 Å². The zero-order valence-electron chi connectivity index (χ0n) is 14.9. The van der Waals surface area contributed by atoms with Crippen molar-refractivity contribution in [3.63, 3.8) is 0 Å². The molecule has 0 saturated heterocycles. The fraction of sp³-hybridized carbons (Fsp3) is 0.235. The third kappa shape index (κ3) is 2.71. The largest absolute Gasteiger partial charge is 0.453 e. The van der Waals surface area contributed by atoms with E-state index in [0.717, 1.165) is 5.56 Å². The van der Waals surface area contributed by atoms with Crippen LogP contribution < -0.4 is 11.1 Å². The lowest BCUT2D eigenvalue weighted by atomic mass is 10.1. The lowest BCUT2D eigenvalue weighted by Gasteiger charge is -2.05. The van der Waals surface area contributed by atoms with E-state index in [2.05, 4.69) is 30.3 Å². The number of carbonyl (C=O) groups is 1. The molecule has 10 nitrogen and oxygen atoms in total. The molecular formula is C17H17N7O3. The first-order valence-electron chi connectivity index (χ1n) is 8.23. The van der Waals surface area contributed by atoms with E-state index >= 15 is 0 Å². The minimum Gasteiger partial charge on any atom is -0.453 e. The Balaban J connectivity index is 1.87. The van der Waals surface area contributed by atoms with Crippen molar-refractivity contribution in [2.75, 3.05) is 18.2 Å². The number of benzene rings is 1. The fourth-order valence-corrected chi connectivity index (χ4v) is 2.88. The van der Waals surface area contributed by atoms with E-state index in [1.807, 2.05) is 19.9 Å². The summed E-state index contributed by atoms with van der Waals surface area (Å²) in [4.78, 5) is 19.8. The first kappa shape index (κ1) is 16.8. The van der Waals surface area contributed by atoms with Gasteiger partial charge in [0.15, 0.2) is 17.0 Å². The van der Waals surface area contributed by atoms with Crippen molar-refractivity contribution in [3.05, 3.63) is 24.5 Å². The summed E-state index contributed by atoms with van der Waals surface area (Å²) in [6, 6.07) is 5.51. The molecule has 0 aliphatic rings. The Kier molecular flexibility index (Phi) is 3.87. The summed E-state index contributed by atoms with van der Waals surface area (Å²) in [5.74, 6) is 0.636. The molecule has 3 heterocycles. The number of nitrogen functional groups attached to an aromatic ring is 1. The van der Waals surface area contributed by atoms with Crippen LogP contribution in [0, 0.1) is 0 Å². The Hall–Kier alpha value is -3.69. The van der Waals surface area contributed by atoms with E-state index in [0.29, 0.717) is 33.5 Å². The van der Waals surface area contributed by atoms with Crippen molar-refractivity contribution in [3.8, 4) is 11.3 Å². The second kappa shape index (κ2) is 6.24. The average Bonchev–Trinajstić information content (AvgIpc) is 3.24. The van der Waals surface area contributed by atoms with E-state index in [1.54, 1.807) is 16.8 Å². The molecule has 1 amide bonds. The maximum atomic E-state index is 11.4. The molecule has 1 aromatic carbocycles. The van der Waals surface area contributed by atoms with Gasteiger partial charge in [0.05, 0.1) is 17.9 Å². The summed E-state index contributed by atoms with van der Waals surface area (Å²) in [5, 5.41) is 12.4. The Bertz CT molecular complexity index is 1160. The van der Waals surface area contributed by atoms with Crippen LogP contribution in [0.25, 0.3) is 33.3 Å². The molecule has 0 unspecified atom stereocenters. The molecule has 4 rings (SSSR count). The molecule has 0 fully saturated rings. The number of carbonyl (C=O) groups excluding carboxylic acids is 1. The Morgan fingerprint density at radius 1 is 1.33 bits per heavy atom. The van der Waals surface area contributed by atoms with Gasteiger partial charge in [0, 0.05) is 11.6 Å². The minimum absolute atomic E-state index is 0.0976. The molecule has 0 saturated carbocycles. The van der Waals surface area contributed by atoms with Crippen LogP contribution in [0.2, 0.25) is 0 Å². The van der Waals surface area contributed by atoms with Crippen molar-refractivity contribution in [2.45, 2.75) is 19.9 Å². The molecule has 27 heavy (non-hydrogen) atoms. The lowest BCUT2D eigenvalue weighted by Crippen LogP contribution is -2.11. The van der Waals surface area contributed by atoms with Gasteiger partial charge in [-0.25, -0.2) is 19.4 Å². The monoisotopic (exact) mass is 367 g/mol. The van der Waals surface area contributed by atoms with Crippen molar-refractivity contribution in [2.24, 2.45) is 0 Å². The van der Waals surface area contributed by atoms with Crippen molar-refractivity contribution < 1.29 is 14.1 Å². The van der Waals surface area contributed by atoms with Gasteiger partial charge in [-0.1, -0.05) is 11.2 Å². The molecule has 4 aromatic rings. The van der Waals surface area contributed by atoms with E-state index in [4.69, 9.17) is 10.3 Å². The van der Waals surface area contributed by atoms with E-state index < -0.39 is 6.09 Å². The van der Waals surface area contributed by atoms with E-state index in [-0.39, 0.29) is 11.9 Å². The van der Waals surface area contributed by atoms with Crippen molar-refractivity contribution in [1.82, 2.24) is 24.9 Å². The third-order valence-corrected chi connectivity index (χ3v) is 4.16. The van der Waals surface area contributed by atoms with Gasteiger partial charge in [0.1, 0.15) is 17.8 Å². The van der Waals surface area contributed by atoms with Gasteiger partial charge in [0.25, 0.3) is 0 Å². The quantitative estimate of drug-likeness (QED) is 0.564. The van der Waals surface area contributed by atoms with Crippen LogP contribution >= 0.6 is 0 Å². The number of fused-ring (bicyclic) bond motifs is 2. The molecule has 0 aliphatic carbocycles. The maximum Gasteiger partial charge on any atom is 0.412 e. The number of ether oxygens (including phenoxy) is 1.